The van der Waals surface area contributed by atoms with E-state index in [0.29, 0.717) is 6.54 Å². The van der Waals surface area contributed by atoms with Crippen molar-refractivity contribution >= 4 is 17.8 Å². The molecule has 0 saturated carbocycles. The number of rotatable bonds is 6. The van der Waals surface area contributed by atoms with Crippen LogP contribution in [0.15, 0.2) is 12.4 Å². The van der Waals surface area contributed by atoms with Crippen molar-refractivity contribution in [2.24, 2.45) is 0 Å². The molecule has 1 aromatic rings. The molecule has 2 heterocycles. The zero-order valence-corrected chi connectivity index (χ0v) is 13.3. The summed E-state index contributed by atoms with van der Waals surface area (Å²) in [6.07, 6.45) is 4.21. The molecule has 1 aliphatic heterocycles. The van der Waals surface area contributed by atoms with Crippen LogP contribution in [0, 0.1) is 0 Å². The van der Waals surface area contributed by atoms with Gasteiger partial charge in [-0.15, -0.1) is 0 Å². The molecule has 23 heavy (non-hydrogen) atoms. The first-order valence-corrected chi connectivity index (χ1v) is 7.90. The highest BCUT2D eigenvalue weighted by Gasteiger charge is 2.22. The minimum absolute atomic E-state index is 0.0219. The summed E-state index contributed by atoms with van der Waals surface area (Å²) in [5.74, 6) is -0.0423. The molecular weight excluding hydrogens is 298 g/mol. The number of amides is 2. The van der Waals surface area contributed by atoms with Crippen LogP contribution in [-0.4, -0.2) is 52.8 Å². The normalized spacial score (nSPS) is 17.6. The Balaban J connectivity index is 1.85. The molecule has 8 nitrogen and oxygen atoms in total. The van der Waals surface area contributed by atoms with Crippen LogP contribution in [-0.2, 0) is 11.2 Å². The van der Waals surface area contributed by atoms with Gasteiger partial charge in [-0.1, -0.05) is 6.92 Å². The van der Waals surface area contributed by atoms with E-state index in [0.717, 1.165) is 37.3 Å². The van der Waals surface area contributed by atoms with E-state index in [1.807, 2.05) is 13.0 Å². The van der Waals surface area contributed by atoms with Crippen LogP contribution >= 0.6 is 0 Å². The van der Waals surface area contributed by atoms with Crippen molar-refractivity contribution in [1.82, 2.24) is 20.6 Å². The maximum atomic E-state index is 11.8. The fraction of sp³-hybridized carbons (Fsp3) is 0.600. The lowest BCUT2D eigenvalue weighted by molar-refractivity contribution is -0.136. The lowest BCUT2D eigenvalue weighted by Crippen LogP contribution is -2.51. The van der Waals surface area contributed by atoms with E-state index in [1.165, 1.54) is 0 Å². The minimum atomic E-state index is -0.926. The van der Waals surface area contributed by atoms with Gasteiger partial charge in [0.1, 0.15) is 12.1 Å². The molecule has 2 amide bonds. The van der Waals surface area contributed by atoms with Crippen LogP contribution in [0.25, 0.3) is 0 Å². The third-order valence-electron chi connectivity index (χ3n) is 3.78. The SMILES string of the molecule is CCc1cc(N2CCCC(NC(=O)NCCC(=O)O)C2)ncn1. The van der Waals surface area contributed by atoms with E-state index >= 15 is 0 Å². The Morgan fingerprint density at radius 1 is 1.43 bits per heavy atom. The standard InChI is InChI=1S/C15H23N5O3/c1-2-11-8-13(18-10-17-11)20-7-3-4-12(9-20)19-15(23)16-6-5-14(21)22/h8,10,12H,2-7,9H2,1H3,(H,21,22)(H2,16,19,23). The summed E-state index contributed by atoms with van der Waals surface area (Å²) in [5, 5.41) is 14.0. The van der Waals surface area contributed by atoms with E-state index in [-0.39, 0.29) is 25.0 Å². The van der Waals surface area contributed by atoms with Gasteiger partial charge in [-0.05, 0) is 19.3 Å². The number of nitrogens with one attached hydrogen (secondary N) is 2. The van der Waals surface area contributed by atoms with E-state index < -0.39 is 5.97 Å². The molecule has 1 saturated heterocycles. The monoisotopic (exact) mass is 321 g/mol. The van der Waals surface area contributed by atoms with Crippen LogP contribution in [0.1, 0.15) is 31.9 Å². The molecule has 0 radical (unpaired) electrons. The largest absolute Gasteiger partial charge is 0.481 e. The number of piperidine rings is 1. The number of carbonyl (C=O) groups excluding carboxylic acids is 1. The average molecular weight is 321 g/mol. The molecule has 126 valence electrons. The zero-order chi connectivity index (χ0) is 16.7. The third kappa shape index (κ3) is 5.39. The molecule has 1 aliphatic rings. The predicted molar refractivity (Wildman–Crippen MR) is 85.4 cm³/mol. The first kappa shape index (κ1) is 17.0. The maximum Gasteiger partial charge on any atom is 0.315 e. The summed E-state index contributed by atoms with van der Waals surface area (Å²) in [7, 11) is 0. The van der Waals surface area contributed by atoms with Gasteiger partial charge < -0.3 is 20.6 Å². The Bertz CT molecular complexity index is 552. The van der Waals surface area contributed by atoms with E-state index in [4.69, 9.17) is 5.11 Å². The van der Waals surface area contributed by atoms with Gasteiger partial charge in [0, 0.05) is 37.4 Å². The van der Waals surface area contributed by atoms with Gasteiger partial charge in [-0.2, -0.15) is 0 Å². The summed E-state index contributed by atoms with van der Waals surface area (Å²) in [6, 6.07) is 1.68. The lowest BCUT2D eigenvalue weighted by Gasteiger charge is -2.34. The predicted octanol–water partition coefficient (Wildman–Crippen LogP) is 0.782. The summed E-state index contributed by atoms with van der Waals surface area (Å²) in [6.45, 7) is 3.77. The summed E-state index contributed by atoms with van der Waals surface area (Å²) < 4.78 is 0. The van der Waals surface area contributed by atoms with Crippen LogP contribution in [0.5, 0.6) is 0 Å². The number of nitrogens with zero attached hydrogens (tertiary/aromatic N) is 3. The fourth-order valence-electron chi connectivity index (χ4n) is 2.57. The third-order valence-corrected chi connectivity index (χ3v) is 3.78. The number of anilines is 1. The van der Waals surface area contributed by atoms with Gasteiger partial charge in [-0.3, -0.25) is 4.79 Å². The summed E-state index contributed by atoms with van der Waals surface area (Å²) in [5.41, 5.74) is 0.997. The van der Waals surface area contributed by atoms with Gasteiger partial charge in [-0.25, -0.2) is 14.8 Å². The van der Waals surface area contributed by atoms with Gasteiger partial charge in [0.05, 0.1) is 6.42 Å². The van der Waals surface area contributed by atoms with Crippen molar-refractivity contribution in [1.29, 1.82) is 0 Å². The number of aromatic nitrogens is 2. The van der Waals surface area contributed by atoms with E-state index in [1.54, 1.807) is 6.33 Å². The van der Waals surface area contributed by atoms with Crippen molar-refractivity contribution in [3.63, 3.8) is 0 Å². The molecule has 1 aromatic heterocycles. The summed E-state index contributed by atoms with van der Waals surface area (Å²) in [4.78, 5) is 32.9. The van der Waals surface area contributed by atoms with Crippen LogP contribution in [0.2, 0.25) is 0 Å². The molecule has 0 bridgehead atoms. The maximum absolute atomic E-state index is 11.8. The van der Waals surface area contributed by atoms with Gasteiger partial charge in [0.2, 0.25) is 0 Å². The number of carboxylic acids is 1. The Morgan fingerprint density at radius 2 is 2.26 bits per heavy atom. The molecule has 0 aliphatic carbocycles. The van der Waals surface area contributed by atoms with Crippen molar-refractivity contribution < 1.29 is 14.7 Å². The number of carbonyl (C=O) groups is 2. The highest BCUT2D eigenvalue weighted by Crippen LogP contribution is 2.18. The van der Waals surface area contributed by atoms with Crippen LogP contribution < -0.4 is 15.5 Å². The topological polar surface area (TPSA) is 107 Å². The quantitative estimate of drug-likeness (QED) is 0.715. The van der Waals surface area contributed by atoms with Crippen molar-refractivity contribution in [3.8, 4) is 0 Å². The first-order chi connectivity index (χ1) is 11.1. The van der Waals surface area contributed by atoms with Crippen LogP contribution in [0.3, 0.4) is 0 Å². The smallest absolute Gasteiger partial charge is 0.315 e. The summed E-state index contributed by atoms with van der Waals surface area (Å²) >= 11 is 0. The lowest BCUT2D eigenvalue weighted by atomic mass is 10.1. The number of aryl methyl sites for hydroxylation is 1. The highest BCUT2D eigenvalue weighted by atomic mass is 16.4. The minimum Gasteiger partial charge on any atom is -0.481 e. The zero-order valence-electron chi connectivity index (χ0n) is 13.3. The fourth-order valence-corrected chi connectivity index (χ4v) is 2.57. The molecule has 1 atom stereocenters. The molecular formula is C15H23N5O3. The molecule has 0 spiro atoms. The number of hydrogen-bond donors (Lipinski definition) is 3. The van der Waals surface area contributed by atoms with Crippen molar-refractivity contribution in [2.45, 2.75) is 38.6 Å². The molecule has 0 aromatic carbocycles. The Hall–Kier alpha value is -2.38. The second kappa shape index (κ2) is 8.30. The van der Waals surface area contributed by atoms with Crippen LogP contribution in [0.4, 0.5) is 10.6 Å². The highest BCUT2D eigenvalue weighted by molar-refractivity contribution is 5.75. The average Bonchev–Trinajstić information content (AvgIpc) is 2.55. The van der Waals surface area contributed by atoms with Gasteiger partial charge >= 0.3 is 12.0 Å². The second-order valence-corrected chi connectivity index (χ2v) is 5.55. The Morgan fingerprint density at radius 3 is 3.00 bits per heavy atom. The number of hydrogen-bond acceptors (Lipinski definition) is 5. The van der Waals surface area contributed by atoms with Gasteiger partial charge in [0.15, 0.2) is 0 Å². The molecule has 8 heteroatoms. The second-order valence-electron chi connectivity index (χ2n) is 5.55. The van der Waals surface area contributed by atoms with Crippen molar-refractivity contribution in [2.75, 3.05) is 24.5 Å². The molecule has 3 N–H and O–H groups in total. The van der Waals surface area contributed by atoms with Gasteiger partial charge in [0.25, 0.3) is 0 Å². The molecule has 1 fully saturated rings. The first-order valence-electron chi connectivity index (χ1n) is 7.90. The molecule has 2 rings (SSSR count). The Kier molecular flexibility index (Phi) is 6.13. The number of carboxylic acid groups (broad SMARTS) is 1. The number of urea groups is 1. The van der Waals surface area contributed by atoms with Crippen molar-refractivity contribution in [3.05, 3.63) is 18.1 Å². The number of aliphatic carboxylic acids is 1. The molecule has 1 unspecified atom stereocenters. The van der Waals surface area contributed by atoms with E-state index in [9.17, 15) is 9.59 Å². The van der Waals surface area contributed by atoms with E-state index in [2.05, 4.69) is 25.5 Å². The Labute approximate surface area is 135 Å².